The number of nitrogens with zero attached hydrogens (tertiary/aromatic N) is 1. The molecule has 0 aromatic heterocycles. The van der Waals surface area contributed by atoms with Crippen molar-refractivity contribution < 1.29 is 4.79 Å². The molecular formula is C9H7BrClNO. The number of amides is 1. The van der Waals surface area contributed by atoms with Crippen LogP contribution in [0, 0.1) is 0 Å². The average molecular weight is 261 g/mol. The molecule has 1 aromatic carbocycles. The normalized spacial score (nSPS) is 15.0. The largest absolute Gasteiger partial charge is 0.313 e. The fourth-order valence-corrected chi connectivity index (χ4v) is 2.54. The van der Waals surface area contributed by atoms with E-state index in [0.29, 0.717) is 11.4 Å². The van der Waals surface area contributed by atoms with E-state index in [2.05, 4.69) is 15.9 Å². The molecule has 0 saturated carbocycles. The van der Waals surface area contributed by atoms with Gasteiger partial charge in [0.15, 0.2) is 0 Å². The maximum atomic E-state index is 11.3. The molecule has 13 heavy (non-hydrogen) atoms. The van der Waals surface area contributed by atoms with Crippen molar-refractivity contribution in [2.24, 2.45) is 0 Å². The van der Waals surface area contributed by atoms with Crippen molar-refractivity contribution in [3.8, 4) is 0 Å². The Morgan fingerprint density at radius 3 is 2.92 bits per heavy atom. The molecule has 1 heterocycles. The van der Waals surface area contributed by atoms with Gasteiger partial charge in [0.1, 0.15) is 0 Å². The summed E-state index contributed by atoms with van der Waals surface area (Å²) in [5.74, 6) is 0.0926. The van der Waals surface area contributed by atoms with Crippen molar-refractivity contribution in [3.63, 3.8) is 0 Å². The van der Waals surface area contributed by atoms with Crippen molar-refractivity contribution in [2.45, 2.75) is 6.42 Å². The molecular weight excluding hydrogens is 253 g/mol. The molecule has 68 valence electrons. The van der Waals surface area contributed by atoms with Gasteiger partial charge >= 0.3 is 0 Å². The molecule has 1 aliphatic rings. The third-order valence-corrected chi connectivity index (χ3v) is 2.90. The minimum atomic E-state index is 0.0926. The van der Waals surface area contributed by atoms with E-state index in [1.807, 2.05) is 6.07 Å². The molecule has 2 rings (SSSR count). The van der Waals surface area contributed by atoms with Crippen LogP contribution in [-0.2, 0) is 11.2 Å². The molecule has 0 aliphatic carbocycles. The molecule has 0 N–H and O–H groups in total. The van der Waals surface area contributed by atoms with Crippen LogP contribution in [0.4, 0.5) is 5.69 Å². The molecule has 0 spiro atoms. The van der Waals surface area contributed by atoms with Gasteiger partial charge < -0.3 is 4.90 Å². The van der Waals surface area contributed by atoms with Gasteiger partial charge in [-0.1, -0.05) is 27.5 Å². The van der Waals surface area contributed by atoms with Crippen LogP contribution in [-0.4, -0.2) is 13.0 Å². The highest BCUT2D eigenvalue weighted by Gasteiger charge is 2.26. The lowest BCUT2D eigenvalue weighted by Crippen LogP contribution is -2.20. The molecule has 0 unspecified atom stereocenters. The third-order valence-electron chi connectivity index (χ3n) is 2.16. The lowest BCUT2D eigenvalue weighted by molar-refractivity contribution is -0.117. The van der Waals surface area contributed by atoms with Gasteiger partial charge in [-0.25, -0.2) is 0 Å². The zero-order valence-corrected chi connectivity index (χ0v) is 9.32. The monoisotopic (exact) mass is 259 g/mol. The molecule has 1 aliphatic heterocycles. The summed E-state index contributed by atoms with van der Waals surface area (Å²) in [5.41, 5.74) is 1.83. The maximum absolute atomic E-state index is 11.3. The van der Waals surface area contributed by atoms with E-state index < -0.39 is 0 Å². The Balaban J connectivity index is 2.64. The summed E-state index contributed by atoms with van der Waals surface area (Å²) in [4.78, 5) is 12.9. The number of fused-ring (bicyclic) bond motifs is 1. The van der Waals surface area contributed by atoms with Gasteiger partial charge in [0.05, 0.1) is 17.1 Å². The number of hydrogen-bond donors (Lipinski definition) is 0. The molecule has 0 atom stereocenters. The highest BCUT2D eigenvalue weighted by atomic mass is 79.9. The predicted octanol–water partition coefficient (Wildman–Crippen LogP) is 2.62. The molecule has 0 bridgehead atoms. The van der Waals surface area contributed by atoms with E-state index in [4.69, 9.17) is 11.6 Å². The van der Waals surface area contributed by atoms with E-state index in [0.717, 1.165) is 15.7 Å². The second kappa shape index (κ2) is 3.00. The number of carbonyl (C=O) groups excluding carboxylic acids is 1. The summed E-state index contributed by atoms with van der Waals surface area (Å²) in [5, 5.41) is 0.623. The summed E-state index contributed by atoms with van der Waals surface area (Å²) >= 11 is 9.35. The quantitative estimate of drug-likeness (QED) is 0.702. The fourth-order valence-electron chi connectivity index (χ4n) is 1.54. The van der Waals surface area contributed by atoms with Gasteiger partial charge in [-0.15, -0.1) is 0 Å². The van der Waals surface area contributed by atoms with Gasteiger partial charge in [-0.05, 0) is 17.7 Å². The Morgan fingerprint density at radius 1 is 1.54 bits per heavy atom. The average Bonchev–Trinajstić information content (AvgIpc) is 2.27. The predicted molar refractivity (Wildman–Crippen MR) is 56.3 cm³/mol. The summed E-state index contributed by atoms with van der Waals surface area (Å²) in [6.07, 6.45) is 0.449. The number of likely N-dealkylation sites (N-methyl/N-ethyl adjacent to an activating group) is 1. The van der Waals surface area contributed by atoms with Crippen LogP contribution >= 0.6 is 27.5 Å². The van der Waals surface area contributed by atoms with Crippen LogP contribution < -0.4 is 4.90 Å². The minimum Gasteiger partial charge on any atom is -0.313 e. The number of benzene rings is 1. The fraction of sp³-hybridized carbons (Fsp3) is 0.222. The number of hydrogen-bond acceptors (Lipinski definition) is 1. The standard InChI is InChI=1S/C9H7BrClNO/c1-12-8(13)3-5-2-6(10)4-7(11)9(5)12/h2,4H,3H2,1H3. The Bertz CT molecular complexity index is 391. The Hall–Kier alpha value is -0.540. The lowest BCUT2D eigenvalue weighted by Gasteiger charge is -2.11. The van der Waals surface area contributed by atoms with Crippen LogP contribution in [0.2, 0.25) is 5.02 Å². The van der Waals surface area contributed by atoms with Gasteiger partial charge in [0.2, 0.25) is 5.91 Å². The lowest BCUT2D eigenvalue weighted by atomic mass is 10.2. The van der Waals surface area contributed by atoms with Gasteiger partial charge in [0.25, 0.3) is 0 Å². The summed E-state index contributed by atoms with van der Waals surface area (Å²) < 4.78 is 0.916. The van der Waals surface area contributed by atoms with Gasteiger partial charge in [0, 0.05) is 11.5 Å². The van der Waals surface area contributed by atoms with E-state index >= 15 is 0 Å². The summed E-state index contributed by atoms with van der Waals surface area (Å²) in [7, 11) is 1.74. The molecule has 1 amide bonds. The topological polar surface area (TPSA) is 20.3 Å². The van der Waals surface area contributed by atoms with Gasteiger partial charge in [-0.3, -0.25) is 4.79 Å². The van der Waals surface area contributed by atoms with E-state index in [-0.39, 0.29) is 5.91 Å². The van der Waals surface area contributed by atoms with Crippen LogP contribution in [0.3, 0.4) is 0 Å². The van der Waals surface area contributed by atoms with Crippen molar-refractivity contribution >= 4 is 39.1 Å². The second-order valence-corrected chi connectivity index (χ2v) is 4.35. The second-order valence-electron chi connectivity index (χ2n) is 3.02. The van der Waals surface area contributed by atoms with Crippen molar-refractivity contribution in [1.29, 1.82) is 0 Å². The Labute approximate surface area is 89.6 Å². The zero-order chi connectivity index (χ0) is 9.59. The minimum absolute atomic E-state index is 0.0926. The maximum Gasteiger partial charge on any atom is 0.231 e. The van der Waals surface area contributed by atoms with Crippen molar-refractivity contribution in [2.75, 3.05) is 11.9 Å². The first-order chi connectivity index (χ1) is 6.09. The van der Waals surface area contributed by atoms with Crippen LogP contribution in [0.25, 0.3) is 0 Å². The van der Waals surface area contributed by atoms with Crippen molar-refractivity contribution in [1.82, 2.24) is 0 Å². The van der Waals surface area contributed by atoms with Crippen LogP contribution in [0.15, 0.2) is 16.6 Å². The van der Waals surface area contributed by atoms with Crippen LogP contribution in [0.5, 0.6) is 0 Å². The van der Waals surface area contributed by atoms with E-state index in [1.165, 1.54) is 0 Å². The smallest absolute Gasteiger partial charge is 0.231 e. The summed E-state index contributed by atoms with van der Waals surface area (Å²) in [6, 6.07) is 3.73. The number of anilines is 1. The number of carbonyl (C=O) groups is 1. The first-order valence-corrected chi connectivity index (χ1v) is 5.01. The molecule has 0 fully saturated rings. The molecule has 2 nitrogen and oxygen atoms in total. The first kappa shape index (κ1) is 9.03. The highest BCUT2D eigenvalue weighted by Crippen LogP contribution is 2.37. The molecule has 0 saturated heterocycles. The number of halogens is 2. The van der Waals surface area contributed by atoms with Gasteiger partial charge in [-0.2, -0.15) is 0 Å². The Kier molecular flexibility index (Phi) is 2.08. The Morgan fingerprint density at radius 2 is 2.23 bits per heavy atom. The number of rotatable bonds is 0. The third kappa shape index (κ3) is 1.36. The van der Waals surface area contributed by atoms with Crippen LogP contribution in [0.1, 0.15) is 5.56 Å². The van der Waals surface area contributed by atoms with E-state index in [1.54, 1.807) is 18.0 Å². The van der Waals surface area contributed by atoms with E-state index in [9.17, 15) is 4.79 Å². The van der Waals surface area contributed by atoms with Crippen molar-refractivity contribution in [3.05, 3.63) is 27.2 Å². The summed E-state index contributed by atoms with van der Waals surface area (Å²) in [6.45, 7) is 0. The molecule has 4 heteroatoms. The molecule has 0 radical (unpaired) electrons. The SMILES string of the molecule is CN1C(=O)Cc2cc(Br)cc(Cl)c21. The highest BCUT2D eigenvalue weighted by molar-refractivity contribution is 9.10. The molecule has 1 aromatic rings. The first-order valence-electron chi connectivity index (χ1n) is 3.84. The zero-order valence-electron chi connectivity index (χ0n) is 6.97.